The highest BCUT2D eigenvalue weighted by Crippen LogP contribution is 2.20. The summed E-state index contributed by atoms with van der Waals surface area (Å²) in [7, 11) is 1.38. The van der Waals surface area contributed by atoms with Gasteiger partial charge in [-0.05, 0) is 63.5 Å². The van der Waals surface area contributed by atoms with E-state index in [4.69, 9.17) is 14.2 Å². The molecule has 0 aliphatic rings. The van der Waals surface area contributed by atoms with Crippen molar-refractivity contribution >= 4 is 5.97 Å². The highest BCUT2D eigenvalue weighted by atomic mass is 16.5. The summed E-state index contributed by atoms with van der Waals surface area (Å²) >= 11 is 0. The summed E-state index contributed by atoms with van der Waals surface area (Å²) in [5, 5.41) is 0. The van der Waals surface area contributed by atoms with Crippen LogP contribution in [0.4, 0.5) is 0 Å². The molecule has 0 N–H and O–H groups in total. The summed E-state index contributed by atoms with van der Waals surface area (Å²) in [6.45, 7) is 9.40. The lowest BCUT2D eigenvalue weighted by Crippen LogP contribution is -2.05. The molecular formula is C19H28O4. The highest BCUT2D eigenvalue weighted by molar-refractivity contribution is 5.89. The zero-order valence-electron chi connectivity index (χ0n) is 14.8. The van der Waals surface area contributed by atoms with Gasteiger partial charge in [0.15, 0.2) is 0 Å². The van der Waals surface area contributed by atoms with Gasteiger partial charge in [-0.25, -0.2) is 4.79 Å². The Morgan fingerprint density at radius 1 is 1.30 bits per heavy atom. The molecular weight excluding hydrogens is 292 g/mol. The summed E-state index contributed by atoms with van der Waals surface area (Å²) < 4.78 is 16.1. The lowest BCUT2D eigenvalue weighted by atomic mass is 10.1. The Kier molecular flexibility index (Phi) is 8.41. The third kappa shape index (κ3) is 6.87. The number of carbonyl (C=O) groups is 1. The van der Waals surface area contributed by atoms with E-state index in [-0.39, 0.29) is 12.1 Å². The van der Waals surface area contributed by atoms with E-state index in [1.54, 1.807) is 12.1 Å². The van der Waals surface area contributed by atoms with Crippen molar-refractivity contribution in [1.82, 2.24) is 0 Å². The van der Waals surface area contributed by atoms with Crippen LogP contribution in [-0.2, 0) is 9.47 Å². The zero-order valence-corrected chi connectivity index (χ0v) is 14.8. The molecule has 0 saturated heterocycles. The number of aryl methyl sites for hydroxylation is 1. The second kappa shape index (κ2) is 10.1. The molecule has 23 heavy (non-hydrogen) atoms. The third-order valence-corrected chi connectivity index (χ3v) is 3.54. The molecule has 0 aromatic heterocycles. The van der Waals surface area contributed by atoms with E-state index < -0.39 is 0 Å². The number of rotatable bonds is 9. The van der Waals surface area contributed by atoms with Crippen molar-refractivity contribution < 1.29 is 19.0 Å². The van der Waals surface area contributed by atoms with Crippen LogP contribution >= 0.6 is 0 Å². The van der Waals surface area contributed by atoms with Crippen LogP contribution in [0.2, 0.25) is 0 Å². The van der Waals surface area contributed by atoms with Gasteiger partial charge in [0.05, 0.1) is 25.4 Å². The smallest absolute Gasteiger partial charge is 0.337 e. The Hall–Kier alpha value is -1.81. The van der Waals surface area contributed by atoms with E-state index in [9.17, 15) is 4.79 Å². The molecule has 0 unspecified atom stereocenters. The van der Waals surface area contributed by atoms with Gasteiger partial charge in [-0.15, -0.1) is 0 Å². The van der Waals surface area contributed by atoms with Gasteiger partial charge < -0.3 is 14.2 Å². The van der Waals surface area contributed by atoms with Gasteiger partial charge >= 0.3 is 5.97 Å². The molecule has 4 nitrogen and oxygen atoms in total. The molecule has 0 saturated carbocycles. The topological polar surface area (TPSA) is 44.8 Å². The van der Waals surface area contributed by atoms with E-state index in [0.717, 1.165) is 30.8 Å². The quantitative estimate of drug-likeness (QED) is 0.502. The zero-order chi connectivity index (χ0) is 17.2. The minimum atomic E-state index is -0.335. The minimum Gasteiger partial charge on any atom is -0.489 e. The molecule has 0 spiro atoms. The predicted molar refractivity (Wildman–Crippen MR) is 92.1 cm³/mol. The summed E-state index contributed by atoms with van der Waals surface area (Å²) in [5.74, 6) is 0.445. The fourth-order valence-corrected chi connectivity index (χ4v) is 2.15. The maximum atomic E-state index is 11.5. The van der Waals surface area contributed by atoms with Crippen LogP contribution in [-0.4, -0.2) is 32.4 Å². The SMILES string of the molecule is CCC(=CCOc1ccc(C(=O)OC)cc1C)CCOC(C)C. The number of methoxy groups -OCH3 is 1. The van der Waals surface area contributed by atoms with Crippen molar-refractivity contribution in [3.63, 3.8) is 0 Å². The Balaban J connectivity index is 2.56. The number of esters is 1. The number of carbonyl (C=O) groups excluding carboxylic acids is 1. The van der Waals surface area contributed by atoms with Crippen molar-refractivity contribution in [2.24, 2.45) is 0 Å². The van der Waals surface area contributed by atoms with Gasteiger partial charge in [-0.1, -0.05) is 12.5 Å². The predicted octanol–water partition coefficient (Wildman–Crippen LogP) is 4.31. The Labute approximate surface area is 139 Å². The Bertz CT molecular complexity index is 532. The van der Waals surface area contributed by atoms with Crippen LogP contribution in [0.3, 0.4) is 0 Å². The van der Waals surface area contributed by atoms with Crippen LogP contribution in [0.5, 0.6) is 5.75 Å². The highest BCUT2D eigenvalue weighted by Gasteiger charge is 2.08. The van der Waals surface area contributed by atoms with Crippen molar-refractivity contribution in [2.45, 2.75) is 46.6 Å². The van der Waals surface area contributed by atoms with E-state index in [1.807, 2.05) is 26.8 Å². The Morgan fingerprint density at radius 2 is 2.04 bits per heavy atom. The van der Waals surface area contributed by atoms with Gasteiger partial charge in [0, 0.05) is 0 Å². The molecule has 1 aromatic rings. The molecule has 1 aromatic carbocycles. The van der Waals surface area contributed by atoms with Crippen LogP contribution in [0, 0.1) is 6.92 Å². The first kappa shape index (κ1) is 19.2. The monoisotopic (exact) mass is 320 g/mol. The molecule has 4 heteroatoms. The lowest BCUT2D eigenvalue weighted by molar-refractivity contribution is 0.0600. The molecule has 0 bridgehead atoms. The van der Waals surface area contributed by atoms with E-state index >= 15 is 0 Å². The minimum absolute atomic E-state index is 0.264. The Morgan fingerprint density at radius 3 is 2.61 bits per heavy atom. The molecule has 0 aliphatic heterocycles. The van der Waals surface area contributed by atoms with Crippen molar-refractivity contribution in [3.05, 3.63) is 41.0 Å². The van der Waals surface area contributed by atoms with Crippen LogP contribution in [0.1, 0.15) is 49.5 Å². The largest absolute Gasteiger partial charge is 0.489 e. The second-order valence-electron chi connectivity index (χ2n) is 5.67. The van der Waals surface area contributed by atoms with Crippen molar-refractivity contribution in [1.29, 1.82) is 0 Å². The average Bonchev–Trinajstić information content (AvgIpc) is 2.53. The van der Waals surface area contributed by atoms with E-state index in [1.165, 1.54) is 12.7 Å². The molecule has 0 atom stereocenters. The summed E-state index contributed by atoms with van der Waals surface area (Å²) in [6.07, 6.45) is 4.29. The van der Waals surface area contributed by atoms with Gasteiger partial charge in [-0.2, -0.15) is 0 Å². The second-order valence-corrected chi connectivity index (χ2v) is 5.67. The average molecular weight is 320 g/mol. The van der Waals surface area contributed by atoms with Crippen LogP contribution < -0.4 is 4.74 Å². The maximum Gasteiger partial charge on any atom is 0.337 e. The fraction of sp³-hybridized carbons (Fsp3) is 0.526. The first-order valence-corrected chi connectivity index (χ1v) is 8.09. The molecule has 0 radical (unpaired) electrons. The number of hydrogen-bond donors (Lipinski definition) is 0. The van der Waals surface area contributed by atoms with Crippen molar-refractivity contribution in [3.8, 4) is 5.75 Å². The third-order valence-electron chi connectivity index (χ3n) is 3.54. The summed E-state index contributed by atoms with van der Waals surface area (Å²) in [5.41, 5.74) is 2.78. The van der Waals surface area contributed by atoms with Crippen LogP contribution in [0.15, 0.2) is 29.8 Å². The van der Waals surface area contributed by atoms with Crippen molar-refractivity contribution in [2.75, 3.05) is 20.3 Å². The maximum absolute atomic E-state index is 11.5. The lowest BCUT2D eigenvalue weighted by Gasteiger charge is -2.11. The molecule has 0 fully saturated rings. The molecule has 128 valence electrons. The summed E-state index contributed by atoms with van der Waals surface area (Å²) in [6, 6.07) is 5.31. The number of benzene rings is 1. The first-order valence-electron chi connectivity index (χ1n) is 8.09. The van der Waals surface area contributed by atoms with Gasteiger partial charge in [0.1, 0.15) is 12.4 Å². The van der Waals surface area contributed by atoms with E-state index in [2.05, 4.69) is 13.0 Å². The molecule has 0 aliphatic carbocycles. The molecule has 0 amide bonds. The molecule has 1 rings (SSSR count). The van der Waals surface area contributed by atoms with E-state index in [0.29, 0.717) is 12.2 Å². The van der Waals surface area contributed by atoms with Gasteiger partial charge in [0.2, 0.25) is 0 Å². The van der Waals surface area contributed by atoms with Gasteiger partial charge in [0.25, 0.3) is 0 Å². The standard InChI is InChI=1S/C19H28O4/c1-6-16(9-11-22-14(2)3)10-12-23-18-8-7-17(13-15(18)4)19(20)21-5/h7-8,10,13-14H,6,9,11-12H2,1-5H3. The summed E-state index contributed by atoms with van der Waals surface area (Å²) in [4.78, 5) is 11.5. The fourth-order valence-electron chi connectivity index (χ4n) is 2.15. The number of hydrogen-bond acceptors (Lipinski definition) is 4. The normalized spacial score (nSPS) is 11.7. The first-order chi connectivity index (χ1) is 11.0. The van der Waals surface area contributed by atoms with Gasteiger partial charge in [-0.3, -0.25) is 0 Å². The van der Waals surface area contributed by atoms with Crippen LogP contribution in [0.25, 0.3) is 0 Å². The number of ether oxygens (including phenoxy) is 3. The molecule has 0 heterocycles.